The number of ether oxygens (including phenoxy) is 1. The normalized spacial score (nSPS) is 31.3. The van der Waals surface area contributed by atoms with Gasteiger partial charge in [0.1, 0.15) is 5.82 Å². The van der Waals surface area contributed by atoms with Crippen LogP contribution in [0.2, 0.25) is 0 Å². The molecule has 0 amide bonds. The molecule has 0 bridgehead atoms. The van der Waals surface area contributed by atoms with Crippen LogP contribution in [0.3, 0.4) is 0 Å². The van der Waals surface area contributed by atoms with Gasteiger partial charge in [-0.2, -0.15) is 0 Å². The average molecular weight is 228 g/mol. The number of hydrogen-bond acceptors (Lipinski definition) is 5. The van der Waals surface area contributed by atoms with Gasteiger partial charge in [-0.1, -0.05) is 4.57 Å². The number of H-pyrrole nitrogens is 1. The molecular weight excluding hydrogens is 217 g/mol. The van der Waals surface area contributed by atoms with Gasteiger partial charge in [0, 0.05) is 13.3 Å². The van der Waals surface area contributed by atoms with E-state index in [1.54, 1.807) is 6.07 Å². The number of nitrogens with zero attached hydrogens (tertiary/aromatic N) is 1. The molecule has 1 aromatic heterocycles. The Balaban J connectivity index is 2.23. The lowest BCUT2D eigenvalue weighted by Gasteiger charge is -2.07. The molecule has 1 saturated heterocycles. The smallest absolute Gasteiger partial charge is 0.316 e. The van der Waals surface area contributed by atoms with Gasteiger partial charge >= 0.3 is 19.0 Å². The van der Waals surface area contributed by atoms with Crippen molar-refractivity contribution in [1.29, 1.82) is 0 Å². The molecule has 3 unspecified atom stereocenters. The Hall–Kier alpha value is -1.26. The summed E-state index contributed by atoms with van der Waals surface area (Å²) < 4.78 is 16.7. The fraction of sp³-hybridized carbons (Fsp3) is 0.500. The van der Waals surface area contributed by atoms with Crippen LogP contribution >= 0.6 is 7.80 Å². The Kier molecular flexibility index (Phi) is 2.32. The minimum atomic E-state index is -1.44. The number of methoxy groups -OCH3 is 1. The van der Waals surface area contributed by atoms with E-state index in [9.17, 15) is 9.36 Å². The summed E-state index contributed by atoms with van der Waals surface area (Å²) in [5, 5.41) is 2.92. The molecule has 3 atom stereocenters. The Morgan fingerprint density at radius 1 is 1.73 bits per heavy atom. The van der Waals surface area contributed by atoms with E-state index in [1.165, 1.54) is 13.3 Å². The number of nitrogens with one attached hydrogen (secondary N) is 2. The Morgan fingerprint density at radius 2 is 2.40 bits per heavy atom. The van der Waals surface area contributed by atoms with Crippen LogP contribution in [0.15, 0.2) is 17.1 Å². The summed E-state index contributed by atoms with van der Waals surface area (Å²) in [4.78, 5) is 16.9. The molecule has 0 radical (unpaired) electrons. The highest BCUT2D eigenvalue weighted by molar-refractivity contribution is 7.56. The molecule has 7 heteroatoms. The van der Waals surface area contributed by atoms with Gasteiger partial charge in [-0.05, 0) is 13.0 Å². The van der Waals surface area contributed by atoms with E-state index in [-0.39, 0.29) is 5.66 Å². The molecule has 1 aliphatic rings. The second-order valence-electron chi connectivity index (χ2n) is 3.32. The maximum absolute atomic E-state index is 11.5. The molecule has 15 heavy (non-hydrogen) atoms. The van der Waals surface area contributed by atoms with Gasteiger partial charge in [0.15, 0.2) is 0 Å². The van der Waals surface area contributed by atoms with Crippen LogP contribution in [-0.4, -0.2) is 28.2 Å². The predicted molar refractivity (Wildman–Crippen MR) is 55.3 cm³/mol. The summed E-state index contributed by atoms with van der Waals surface area (Å²) in [7, 11) is 0.0506. The van der Waals surface area contributed by atoms with E-state index >= 15 is 0 Å². The van der Waals surface area contributed by atoms with E-state index in [2.05, 4.69) is 15.3 Å². The van der Waals surface area contributed by atoms with Crippen LogP contribution in [-0.2, 0) is 9.30 Å². The molecule has 0 aromatic carbocycles. The fourth-order valence-electron chi connectivity index (χ4n) is 1.48. The molecule has 1 aromatic rings. The molecule has 0 saturated carbocycles. The van der Waals surface area contributed by atoms with Crippen LogP contribution in [0.4, 0.5) is 5.82 Å². The monoisotopic (exact) mass is 228 g/mol. The van der Waals surface area contributed by atoms with Crippen LogP contribution in [0.25, 0.3) is 0 Å². The van der Waals surface area contributed by atoms with Crippen molar-refractivity contribution in [2.24, 2.45) is 0 Å². The first kappa shape index (κ1) is 10.3. The van der Waals surface area contributed by atoms with Gasteiger partial charge in [-0.25, -0.2) is 9.78 Å². The maximum atomic E-state index is 11.5. The first-order valence-electron chi connectivity index (χ1n) is 4.45. The minimum absolute atomic E-state index is 0.0610. The molecule has 0 aliphatic carbocycles. The van der Waals surface area contributed by atoms with E-state index in [0.717, 1.165) is 0 Å². The summed E-state index contributed by atoms with van der Waals surface area (Å²) in [5.74, 6) is 0.463. The number of aromatic amines is 1. The van der Waals surface area contributed by atoms with Crippen molar-refractivity contribution in [2.75, 3.05) is 12.4 Å². The van der Waals surface area contributed by atoms with Crippen molar-refractivity contribution in [3.63, 3.8) is 0 Å². The summed E-state index contributed by atoms with van der Waals surface area (Å²) in [6, 6.07) is 1.59. The van der Waals surface area contributed by atoms with E-state index in [1.807, 2.05) is 6.92 Å². The third-order valence-corrected chi connectivity index (χ3v) is 4.60. The highest BCUT2D eigenvalue weighted by Gasteiger charge is 2.80. The predicted octanol–water partition coefficient (Wildman–Crippen LogP) is 0.711. The molecule has 2 N–H and O–H groups in total. The fourth-order valence-corrected chi connectivity index (χ4v) is 2.95. The molecular formula is C8H11N3O3P+. The quantitative estimate of drug-likeness (QED) is 0.588. The SMILES string of the molecule is COC1(Nc2ccnc(=O)[nH]2)C(C)[P+]1=O. The van der Waals surface area contributed by atoms with Crippen molar-refractivity contribution < 1.29 is 9.30 Å². The van der Waals surface area contributed by atoms with Crippen molar-refractivity contribution in [3.8, 4) is 0 Å². The van der Waals surface area contributed by atoms with E-state index in [0.29, 0.717) is 5.82 Å². The van der Waals surface area contributed by atoms with Gasteiger partial charge in [-0.3, -0.25) is 10.3 Å². The average Bonchev–Trinajstić information content (AvgIpc) is 2.72. The highest BCUT2D eigenvalue weighted by atomic mass is 31.1. The van der Waals surface area contributed by atoms with Crippen molar-refractivity contribution >= 4 is 13.6 Å². The highest BCUT2D eigenvalue weighted by Crippen LogP contribution is 2.66. The number of rotatable bonds is 3. The largest absolute Gasteiger partial charge is 0.415 e. The zero-order chi connectivity index (χ0) is 11.1. The van der Waals surface area contributed by atoms with Gasteiger partial charge < -0.3 is 4.74 Å². The Labute approximate surface area is 86.9 Å². The lowest BCUT2D eigenvalue weighted by molar-refractivity contribution is 0.122. The second kappa shape index (κ2) is 3.40. The Morgan fingerprint density at radius 3 is 2.87 bits per heavy atom. The lowest BCUT2D eigenvalue weighted by atomic mass is 10.4. The van der Waals surface area contributed by atoms with Gasteiger partial charge in [0.2, 0.25) is 0 Å². The van der Waals surface area contributed by atoms with Crippen molar-refractivity contribution in [1.82, 2.24) is 9.97 Å². The molecule has 2 rings (SSSR count). The molecule has 80 valence electrons. The topological polar surface area (TPSA) is 84.1 Å². The molecule has 1 aliphatic heterocycles. The van der Waals surface area contributed by atoms with Crippen LogP contribution in [0.5, 0.6) is 0 Å². The van der Waals surface area contributed by atoms with Crippen LogP contribution < -0.4 is 11.0 Å². The lowest BCUT2D eigenvalue weighted by Crippen LogP contribution is -2.28. The third-order valence-electron chi connectivity index (χ3n) is 2.48. The van der Waals surface area contributed by atoms with Crippen LogP contribution in [0.1, 0.15) is 6.92 Å². The molecule has 0 spiro atoms. The summed E-state index contributed by atoms with van der Waals surface area (Å²) in [6.07, 6.45) is 1.38. The first-order chi connectivity index (χ1) is 7.10. The van der Waals surface area contributed by atoms with Gasteiger partial charge in [-0.15, -0.1) is 0 Å². The maximum Gasteiger partial charge on any atom is 0.415 e. The third kappa shape index (κ3) is 1.56. The van der Waals surface area contributed by atoms with Crippen LogP contribution in [0, 0.1) is 0 Å². The molecule has 6 nitrogen and oxygen atoms in total. The number of aromatic nitrogens is 2. The van der Waals surface area contributed by atoms with Gasteiger partial charge in [0.05, 0.1) is 0 Å². The molecule has 2 heterocycles. The number of anilines is 1. The van der Waals surface area contributed by atoms with E-state index in [4.69, 9.17) is 4.74 Å². The Bertz CT molecular complexity index is 460. The molecule has 1 fully saturated rings. The van der Waals surface area contributed by atoms with Gasteiger partial charge in [0.25, 0.3) is 5.66 Å². The minimum Gasteiger partial charge on any atom is -0.316 e. The van der Waals surface area contributed by atoms with Crippen molar-refractivity contribution in [2.45, 2.75) is 18.0 Å². The second-order valence-corrected chi connectivity index (χ2v) is 5.41. The van der Waals surface area contributed by atoms with E-state index < -0.39 is 19.0 Å². The zero-order valence-corrected chi connectivity index (χ0v) is 9.25. The summed E-state index contributed by atoms with van der Waals surface area (Å²) in [6.45, 7) is 1.83. The summed E-state index contributed by atoms with van der Waals surface area (Å²) in [5.41, 5.74) is -1.34. The standard InChI is InChI=1S/C8H10N3O3P/c1-5-8(14-2,15(5)13)11-6-3-4-9-7(12)10-6/h3-5H,1-2H3,(H-,9,10,11,12)/p+1. The zero-order valence-electron chi connectivity index (χ0n) is 8.35. The summed E-state index contributed by atoms with van der Waals surface area (Å²) >= 11 is 0. The number of hydrogen-bond donors (Lipinski definition) is 2. The van der Waals surface area contributed by atoms with Crippen molar-refractivity contribution in [3.05, 3.63) is 22.7 Å². The first-order valence-corrected chi connectivity index (χ1v) is 5.78.